The van der Waals surface area contributed by atoms with E-state index in [-0.39, 0.29) is 11.7 Å². The van der Waals surface area contributed by atoms with E-state index in [1.807, 2.05) is 0 Å². The molecule has 0 unspecified atom stereocenters. The van der Waals surface area contributed by atoms with Gasteiger partial charge in [0.25, 0.3) is 0 Å². The summed E-state index contributed by atoms with van der Waals surface area (Å²) in [5, 5.41) is 12.7. The van der Waals surface area contributed by atoms with Crippen molar-refractivity contribution in [3.63, 3.8) is 0 Å². The third-order valence-electron chi connectivity index (χ3n) is 3.00. The smallest absolute Gasteiger partial charge is 0.0808 e. The fourth-order valence-electron chi connectivity index (χ4n) is 2.16. The molecule has 2 aliphatic rings. The zero-order valence-corrected chi connectivity index (χ0v) is 7.38. The molecule has 70 valence electrons. The second-order valence-electron chi connectivity index (χ2n) is 3.94. The van der Waals surface area contributed by atoms with Crippen molar-refractivity contribution >= 4 is 0 Å². The van der Waals surface area contributed by atoms with E-state index in [4.69, 9.17) is 4.74 Å². The van der Waals surface area contributed by atoms with Gasteiger partial charge < -0.3 is 15.2 Å². The molecular weight excluding hydrogens is 154 g/mol. The molecule has 1 saturated heterocycles. The van der Waals surface area contributed by atoms with Crippen LogP contribution in [0.25, 0.3) is 0 Å². The Labute approximate surface area is 73.1 Å². The van der Waals surface area contributed by atoms with Crippen LogP contribution >= 0.6 is 0 Å². The molecule has 2 rings (SSSR count). The number of hydrogen-bond donors (Lipinski definition) is 2. The number of hydrogen-bond acceptors (Lipinski definition) is 3. The normalized spacial score (nSPS) is 43.2. The molecule has 1 spiro atoms. The van der Waals surface area contributed by atoms with Gasteiger partial charge in [-0.2, -0.15) is 0 Å². The molecule has 1 aliphatic heterocycles. The SMILES string of the molecule is OC1CCC2(CC1)CNCCO2. The van der Waals surface area contributed by atoms with Crippen molar-refractivity contribution in [2.45, 2.75) is 37.4 Å². The predicted molar refractivity (Wildman–Crippen MR) is 46.0 cm³/mol. The Balaban J connectivity index is 1.92. The fourth-order valence-corrected chi connectivity index (χ4v) is 2.16. The lowest BCUT2D eigenvalue weighted by Gasteiger charge is -2.41. The van der Waals surface area contributed by atoms with E-state index in [1.54, 1.807) is 0 Å². The Morgan fingerprint density at radius 2 is 2.08 bits per heavy atom. The van der Waals surface area contributed by atoms with E-state index in [0.29, 0.717) is 0 Å². The third-order valence-corrected chi connectivity index (χ3v) is 3.00. The maximum Gasteiger partial charge on any atom is 0.0808 e. The van der Waals surface area contributed by atoms with E-state index in [1.165, 1.54) is 0 Å². The van der Waals surface area contributed by atoms with Gasteiger partial charge in [0.05, 0.1) is 18.3 Å². The van der Waals surface area contributed by atoms with E-state index in [9.17, 15) is 5.11 Å². The number of aliphatic hydroxyl groups is 1. The molecule has 1 saturated carbocycles. The van der Waals surface area contributed by atoms with Crippen LogP contribution in [-0.4, -0.2) is 36.5 Å². The molecule has 2 fully saturated rings. The first-order chi connectivity index (χ1) is 5.81. The van der Waals surface area contributed by atoms with Crippen LogP contribution in [0, 0.1) is 0 Å². The van der Waals surface area contributed by atoms with Gasteiger partial charge in [-0.05, 0) is 25.7 Å². The maximum atomic E-state index is 9.35. The Kier molecular flexibility index (Phi) is 2.35. The van der Waals surface area contributed by atoms with Crippen molar-refractivity contribution in [3.8, 4) is 0 Å². The van der Waals surface area contributed by atoms with Gasteiger partial charge in [0, 0.05) is 13.1 Å². The van der Waals surface area contributed by atoms with Crippen LogP contribution in [-0.2, 0) is 4.74 Å². The zero-order chi connectivity index (χ0) is 8.44. The van der Waals surface area contributed by atoms with Crippen molar-refractivity contribution < 1.29 is 9.84 Å². The van der Waals surface area contributed by atoms with Crippen molar-refractivity contribution in [2.24, 2.45) is 0 Å². The predicted octanol–water partition coefficient (Wildman–Crippen LogP) is 0.280. The van der Waals surface area contributed by atoms with E-state index >= 15 is 0 Å². The molecule has 1 heterocycles. The van der Waals surface area contributed by atoms with Crippen molar-refractivity contribution in [2.75, 3.05) is 19.7 Å². The van der Waals surface area contributed by atoms with E-state index in [0.717, 1.165) is 45.4 Å². The Morgan fingerprint density at radius 3 is 2.67 bits per heavy atom. The standard InChI is InChI=1S/C9H17NO2/c11-8-1-3-9(4-2-8)7-10-5-6-12-9/h8,10-11H,1-7H2. The topological polar surface area (TPSA) is 41.5 Å². The molecule has 2 N–H and O–H groups in total. The Bertz CT molecular complexity index is 145. The number of nitrogens with one attached hydrogen (secondary N) is 1. The lowest BCUT2D eigenvalue weighted by atomic mass is 9.82. The average molecular weight is 171 g/mol. The van der Waals surface area contributed by atoms with Crippen LogP contribution in [0.3, 0.4) is 0 Å². The Hall–Kier alpha value is -0.120. The van der Waals surface area contributed by atoms with Crippen molar-refractivity contribution in [1.29, 1.82) is 0 Å². The molecule has 0 bridgehead atoms. The largest absolute Gasteiger partial charge is 0.393 e. The van der Waals surface area contributed by atoms with Gasteiger partial charge in [0.2, 0.25) is 0 Å². The van der Waals surface area contributed by atoms with Crippen molar-refractivity contribution in [1.82, 2.24) is 5.32 Å². The molecular formula is C9H17NO2. The number of rotatable bonds is 0. The van der Waals surface area contributed by atoms with Gasteiger partial charge in [-0.3, -0.25) is 0 Å². The average Bonchev–Trinajstić information content (AvgIpc) is 2.13. The summed E-state index contributed by atoms with van der Waals surface area (Å²) in [6, 6.07) is 0. The van der Waals surface area contributed by atoms with Crippen LogP contribution in [0.5, 0.6) is 0 Å². The molecule has 12 heavy (non-hydrogen) atoms. The minimum atomic E-state index is -0.0823. The fraction of sp³-hybridized carbons (Fsp3) is 1.00. The minimum Gasteiger partial charge on any atom is -0.393 e. The van der Waals surface area contributed by atoms with Gasteiger partial charge in [0.15, 0.2) is 0 Å². The van der Waals surface area contributed by atoms with Crippen LogP contribution in [0.15, 0.2) is 0 Å². The molecule has 0 aromatic heterocycles. The molecule has 1 aliphatic carbocycles. The van der Waals surface area contributed by atoms with Crippen molar-refractivity contribution in [3.05, 3.63) is 0 Å². The van der Waals surface area contributed by atoms with Gasteiger partial charge in [-0.25, -0.2) is 0 Å². The summed E-state index contributed by atoms with van der Waals surface area (Å²) in [5.41, 5.74) is 0.0669. The maximum absolute atomic E-state index is 9.35. The summed E-state index contributed by atoms with van der Waals surface area (Å²) in [6.07, 6.45) is 3.76. The summed E-state index contributed by atoms with van der Waals surface area (Å²) < 4.78 is 5.78. The second kappa shape index (κ2) is 3.32. The molecule has 0 amide bonds. The molecule has 0 aromatic carbocycles. The summed E-state index contributed by atoms with van der Waals surface area (Å²) in [4.78, 5) is 0. The highest BCUT2D eigenvalue weighted by Crippen LogP contribution is 2.32. The molecule has 0 radical (unpaired) electrons. The Morgan fingerprint density at radius 1 is 1.33 bits per heavy atom. The van der Waals surface area contributed by atoms with Gasteiger partial charge in [-0.1, -0.05) is 0 Å². The highest BCUT2D eigenvalue weighted by molar-refractivity contribution is 4.91. The lowest BCUT2D eigenvalue weighted by Crippen LogP contribution is -2.52. The summed E-state index contributed by atoms with van der Waals surface area (Å²) in [7, 11) is 0. The van der Waals surface area contributed by atoms with Crippen LogP contribution in [0.1, 0.15) is 25.7 Å². The third kappa shape index (κ3) is 1.63. The lowest BCUT2D eigenvalue weighted by molar-refractivity contribution is -0.104. The molecule has 3 heteroatoms. The summed E-state index contributed by atoms with van der Waals surface area (Å²) in [6.45, 7) is 2.78. The van der Waals surface area contributed by atoms with E-state index < -0.39 is 0 Å². The number of aliphatic hydroxyl groups excluding tert-OH is 1. The first-order valence-corrected chi connectivity index (χ1v) is 4.84. The highest BCUT2D eigenvalue weighted by Gasteiger charge is 2.36. The zero-order valence-electron chi connectivity index (χ0n) is 7.38. The number of ether oxygens (including phenoxy) is 1. The van der Waals surface area contributed by atoms with Gasteiger partial charge >= 0.3 is 0 Å². The second-order valence-corrected chi connectivity index (χ2v) is 3.94. The summed E-state index contributed by atoms with van der Waals surface area (Å²) in [5.74, 6) is 0. The van der Waals surface area contributed by atoms with Crippen LogP contribution in [0.4, 0.5) is 0 Å². The summed E-state index contributed by atoms with van der Waals surface area (Å²) >= 11 is 0. The number of morpholine rings is 1. The molecule has 3 nitrogen and oxygen atoms in total. The van der Waals surface area contributed by atoms with E-state index in [2.05, 4.69) is 5.32 Å². The molecule has 0 atom stereocenters. The minimum absolute atomic E-state index is 0.0669. The first-order valence-electron chi connectivity index (χ1n) is 4.84. The van der Waals surface area contributed by atoms with Gasteiger partial charge in [0.1, 0.15) is 0 Å². The molecule has 0 aromatic rings. The van der Waals surface area contributed by atoms with Crippen LogP contribution < -0.4 is 5.32 Å². The monoisotopic (exact) mass is 171 g/mol. The van der Waals surface area contributed by atoms with Crippen LogP contribution in [0.2, 0.25) is 0 Å². The van der Waals surface area contributed by atoms with Gasteiger partial charge in [-0.15, -0.1) is 0 Å². The first kappa shape index (κ1) is 8.48. The quantitative estimate of drug-likeness (QED) is 0.550. The highest BCUT2D eigenvalue weighted by atomic mass is 16.5.